The number of carbonyl (C=O) groups excluding carboxylic acids is 1. The Morgan fingerprint density at radius 1 is 1.22 bits per heavy atom. The molecular formula is C24H33N5O3. The van der Waals surface area contributed by atoms with Crippen molar-refractivity contribution in [2.75, 3.05) is 22.1 Å². The highest BCUT2D eigenvalue weighted by Crippen LogP contribution is 2.33. The number of nitrogens with one attached hydrogen (secondary N) is 1. The van der Waals surface area contributed by atoms with Crippen LogP contribution in [-0.4, -0.2) is 34.1 Å². The summed E-state index contributed by atoms with van der Waals surface area (Å²) in [6, 6.07) is 8.24. The lowest BCUT2D eigenvalue weighted by Gasteiger charge is -2.33. The van der Waals surface area contributed by atoms with Gasteiger partial charge in [-0.2, -0.15) is 0 Å². The number of benzene rings is 1. The number of fused-ring (bicyclic) bond motifs is 1. The third-order valence-electron chi connectivity index (χ3n) is 6.80. The van der Waals surface area contributed by atoms with Crippen LogP contribution in [0.4, 0.5) is 17.2 Å². The number of aromatic nitrogens is 2. The Hall–Kier alpha value is -3.03. The number of nitrogens with zero attached hydrogens (tertiary/aromatic N) is 3. The maximum Gasteiger partial charge on any atom is 0.330 e. The van der Waals surface area contributed by atoms with Crippen molar-refractivity contribution in [3.63, 3.8) is 0 Å². The predicted octanol–water partition coefficient (Wildman–Crippen LogP) is 2.65. The summed E-state index contributed by atoms with van der Waals surface area (Å²) in [5, 5.41) is 0. The van der Waals surface area contributed by atoms with E-state index in [1.54, 1.807) is 4.90 Å². The Morgan fingerprint density at radius 3 is 2.66 bits per heavy atom. The van der Waals surface area contributed by atoms with Gasteiger partial charge in [-0.15, -0.1) is 0 Å². The first-order valence-corrected chi connectivity index (χ1v) is 11.7. The van der Waals surface area contributed by atoms with Gasteiger partial charge in [-0.3, -0.25) is 24.0 Å². The number of rotatable bonds is 7. The van der Waals surface area contributed by atoms with Gasteiger partial charge in [0.2, 0.25) is 5.91 Å². The zero-order valence-electron chi connectivity index (χ0n) is 19.0. The van der Waals surface area contributed by atoms with E-state index in [0.29, 0.717) is 6.54 Å². The standard InChI is InChI=1S/C24H33N5O3/c1-3-4-13-27-22(25)21(23(31)26-24(27)32)29(18-10-6-7-11-18)20(30)15-28-16(2)14-17-9-5-8-12-19(17)28/h5,8-9,12,16,18H,3-4,6-7,10-11,13-15,25H2,1-2H3,(H,26,31,32). The number of anilines is 3. The van der Waals surface area contributed by atoms with Crippen LogP contribution in [0.15, 0.2) is 33.9 Å². The van der Waals surface area contributed by atoms with Gasteiger partial charge >= 0.3 is 5.69 Å². The van der Waals surface area contributed by atoms with Crippen LogP contribution in [0.1, 0.15) is 57.9 Å². The number of para-hydroxylation sites is 1. The SMILES string of the molecule is CCCCn1c(N)c(N(C(=O)CN2c3ccccc3CC2C)C2CCCC2)c(=O)[nH]c1=O. The minimum Gasteiger partial charge on any atom is -0.383 e. The Balaban J connectivity index is 1.72. The van der Waals surface area contributed by atoms with E-state index in [1.807, 2.05) is 25.1 Å². The summed E-state index contributed by atoms with van der Waals surface area (Å²) >= 11 is 0. The normalized spacial score (nSPS) is 18.2. The van der Waals surface area contributed by atoms with E-state index >= 15 is 0 Å². The predicted molar refractivity (Wildman–Crippen MR) is 127 cm³/mol. The molecule has 2 heterocycles. The molecule has 2 aromatic rings. The van der Waals surface area contributed by atoms with Crippen molar-refractivity contribution < 1.29 is 4.79 Å². The topological polar surface area (TPSA) is 104 Å². The second-order valence-corrected chi connectivity index (χ2v) is 9.01. The molecule has 1 atom stereocenters. The molecule has 1 amide bonds. The van der Waals surface area contributed by atoms with E-state index in [9.17, 15) is 14.4 Å². The highest BCUT2D eigenvalue weighted by Gasteiger charge is 2.35. The molecule has 1 aliphatic carbocycles. The molecule has 4 rings (SSSR count). The number of nitrogens with two attached hydrogens (primary N) is 1. The largest absolute Gasteiger partial charge is 0.383 e. The number of nitrogen functional groups attached to an aromatic ring is 1. The second-order valence-electron chi connectivity index (χ2n) is 9.01. The summed E-state index contributed by atoms with van der Waals surface area (Å²) in [5.41, 5.74) is 7.68. The van der Waals surface area contributed by atoms with Crippen LogP contribution in [-0.2, 0) is 17.8 Å². The van der Waals surface area contributed by atoms with Crippen LogP contribution >= 0.6 is 0 Å². The van der Waals surface area contributed by atoms with E-state index in [2.05, 4.69) is 22.9 Å². The van der Waals surface area contributed by atoms with Gasteiger partial charge in [0.05, 0.1) is 6.54 Å². The van der Waals surface area contributed by atoms with E-state index < -0.39 is 11.2 Å². The zero-order valence-corrected chi connectivity index (χ0v) is 19.0. The maximum absolute atomic E-state index is 13.7. The van der Waals surface area contributed by atoms with Crippen molar-refractivity contribution in [1.29, 1.82) is 0 Å². The molecule has 8 heteroatoms. The Morgan fingerprint density at radius 2 is 1.94 bits per heavy atom. The fourth-order valence-corrected chi connectivity index (χ4v) is 5.11. The highest BCUT2D eigenvalue weighted by atomic mass is 16.2. The van der Waals surface area contributed by atoms with E-state index in [4.69, 9.17) is 5.73 Å². The van der Waals surface area contributed by atoms with Gasteiger partial charge in [-0.1, -0.05) is 44.4 Å². The fraction of sp³-hybridized carbons (Fsp3) is 0.542. The average Bonchev–Trinajstić information content (AvgIpc) is 3.39. The molecule has 0 bridgehead atoms. The van der Waals surface area contributed by atoms with Gasteiger partial charge in [0, 0.05) is 24.3 Å². The van der Waals surface area contributed by atoms with Gasteiger partial charge in [-0.05, 0) is 44.2 Å². The molecular weight excluding hydrogens is 406 g/mol. The average molecular weight is 440 g/mol. The molecule has 32 heavy (non-hydrogen) atoms. The lowest BCUT2D eigenvalue weighted by molar-refractivity contribution is -0.117. The van der Waals surface area contributed by atoms with E-state index in [0.717, 1.165) is 50.6 Å². The molecule has 1 aromatic carbocycles. The summed E-state index contributed by atoms with van der Waals surface area (Å²) in [6.07, 6.45) is 6.19. The van der Waals surface area contributed by atoms with Crippen molar-refractivity contribution in [3.05, 3.63) is 50.7 Å². The molecule has 2 aliphatic rings. The number of carbonyl (C=O) groups is 1. The minimum atomic E-state index is -0.588. The van der Waals surface area contributed by atoms with Gasteiger partial charge < -0.3 is 10.6 Å². The molecule has 0 spiro atoms. The number of unbranched alkanes of at least 4 members (excludes halogenated alkanes) is 1. The van der Waals surface area contributed by atoms with Crippen molar-refractivity contribution in [2.24, 2.45) is 0 Å². The number of aromatic amines is 1. The summed E-state index contributed by atoms with van der Waals surface area (Å²) in [5.74, 6) is -0.0688. The van der Waals surface area contributed by atoms with Crippen molar-refractivity contribution in [2.45, 2.75) is 77.4 Å². The number of H-pyrrole nitrogens is 1. The van der Waals surface area contributed by atoms with Gasteiger partial charge in [0.25, 0.3) is 5.56 Å². The first-order valence-electron chi connectivity index (χ1n) is 11.7. The molecule has 1 saturated carbocycles. The van der Waals surface area contributed by atoms with E-state index in [1.165, 1.54) is 10.1 Å². The smallest absolute Gasteiger partial charge is 0.330 e. The Kier molecular flexibility index (Phi) is 6.39. The molecule has 0 saturated heterocycles. The first kappa shape index (κ1) is 22.2. The molecule has 1 fully saturated rings. The van der Waals surface area contributed by atoms with Gasteiger partial charge in [-0.25, -0.2) is 4.79 Å². The number of hydrogen-bond donors (Lipinski definition) is 2. The molecule has 0 radical (unpaired) electrons. The molecule has 3 N–H and O–H groups in total. The Labute approximate surface area is 188 Å². The molecule has 1 aromatic heterocycles. The quantitative estimate of drug-likeness (QED) is 0.690. The lowest BCUT2D eigenvalue weighted by Crippen LogP contribution is -2.50. The minimum absolute atomic E-state index is 0.0855. The van der Waals surface area contributed by atoms with Gasteiger partial charge in [0.15, 0.2) is 5.69 Å². The van der Waals surface area contributed by atoms with Crippen LogP contribution in [0.3, 0.4) is 0 Å². The van der Waals surface area contributed by atoms with Crippen molar-refractivity contribution in [3.8, 4) is 0 Å². The summed E-state index contributed by atoms with van der Waals surface area (Å²) in [4.78, 5) is 45.2. The monoisotopic (exact) mass is 439 g/mol. The number of amides is 1. The second kappa shape index (κ2) is 9.22. The third-order valence-corrected chi connectivity index (χ3v) is 6.80. The lowest BCUT2D eigenvalue weighted by atomic mass is 10.1. The third kappa shape index (κ3) is 4.06. The van der Waals surface area contributed by atoms with Crippen LogP contribution in [0.5, 0.6) is 0 Å². The zero-order chi connectivity index (χ0) is 22.8. The van der Waals surface area contributed by atoms with Crippen LogP contribution < -0.4 is 26.8 Å². The van der Waals surface area contributed by atoms with E-state index in [-0.39, 0.29) is 36.0 Å². The molecule has 1 aliphatic heterocycles. The Bertz CT molecular complexity index is 1100. The summed E-state index contributed by atoms with van der Waals surface area (Å²) in [7, 11) is 0. The highest BCUT2D eigenvalue weighted by molar-refractivity contribution is 5.99. The fourth-order valence-electron chi connectivity index (χ4n) is 5.11. The summed E-state index contributed by atoms with van der Waals surface area (Å²) < 4.78 is 1.39. The molecule has 1 unspecified atom stereocenters. The summed E-state index contributed by atoms with van der Waals surface area (Å²) in [6.45, 7) is 4.71. The van der Waals surface area contributed by atoms with Crippen molar-refractivity contribution in [1.82, 2.24) is 9.55 Å². The number of hydrogen-bond acceptors (Lipinski definition) is 5. The van der Waals surface area contributed by atoms with Crippen LogP contribution in [0.2, 0.25) is 0 Å². The molecule has 8 nitrogen and oxygen atoms in total. The first-order chi connectivity index (χ1) is 15.4. The van der Waals surface area contributed by atoms with Crippen LogP contribution in [0, 0.1) is 0 Å². The van der Waals surface area contributed by atoms with Gasteiger partial charge in [0.1, 0.15) is 5.82 Å². The maximum atomic E-state index is 13.7. The van der Waals surface area contributed by atoms with Crippen molar-refractivity contribution >= 4 is 23.1 Å². The molecule has 172 valence electrons. The van der Waals surface area contributed by atoms with Crippen LogP contribution in [0.25, 0.3) is 0 Å².